The molecule has 2 aromatic rings. The van der Waals surface area contributed by atoms with Crippen LogP contribution in [-0.4, -0.2) is 31.0 Å². The summed E-state index contributed by atoms with van der Waals surface area (Å²) >= 11 is 0. The maximum atomic E-state index is 11.8. The molecule has 3 rings (SSSR count). The quantitative estimate of drug-likeness (QED) is 0.944. The predicted molar refractivity (Wildman–Crippen MR) is 93.7 cm³/mol. The van der Waals surface area contributed by atoms with Crippen LogP contribution < -0.4 is 10.2 Å². The van der Waals surface area contributed by atoms with E-state index in [1.165, 1.54) is 16.7 Å². The highest BCUT2D eigenvalue weighted by atomic mass is 16.2. The van der Waals surface area contributed by atoms with Crippen LogP contribution >= 0.6 is 0 Å². The molecule has 1 aliphatic rings. The summed E-state index contributed by atoms with van der Waals surface area (Å²) in [7, 11) is 1.96. The van der Waals surface area contributed by atoms with Gasteiger partial charge in [-0.3, -0.25) is 9.78 Å². The molecule has 0 atom stereocenters. The molecule has 0 bridgehead atoms. The van der Waals surface area contributed by atoms with Crippen LogP contribution in [0.15, 0.2) is 36.7 Å². The molecule has 120 valence electrons. The van der Waals surface area contributed by atoms with Crippen molar-refractivity contribution >= 4 is 11.6 Å². The molecule has 1 aromatic heterocycles. The number of fused-ring (bicyclic) bond motifs is 1. The van der Waals surface area contributed by atoms with Crippen LogP contribution in [0, 0.1) is 0 Å². The van der Waals surface area contributed by atoms with E-state index < -0.39 is 0 Å². The predicted octanol–water partition coefficient (Wildman–Crippen LogP) is 2.81. The maximum absolute atomic E-state index is 11.8. The first-order valence-electron chi connectivity index (χ1n) is 8.19. The molecule has 0 aliphatic carbocycles. The molecule has 4 nitrogen and oxygen atoms in total. The number of amides is 1. The standard InChI is InChI=1S/C19H23N3O/c1-14(23)22-9-3-4-17-11-16(5-6-19(17)22)18-10-15(7-8-20-2)12-21-13-18/h5-6,10-13,20H,3-4,7-9H2,1-2H3. The zero-order chi connectivity index (χ0) is 16.2. The molecule has 0 unspecified atom stereocenters. The van der Waals surface area contributed by atoms with Gasteiger partial charge in [0.05, 0.1) is 0 Å². The number of pyridine rings is 1. The summed E-state index contributed by atoms with van der Waals surface area (Å²) in [4.78, 5) is 18.0. The van der Waals surface area contributed by atoms with Crippen molar-refractivity contribution in [2.75, 3.05) is 25.0 Å². The van der Waals surface area contributed by atoms with Gasteiger partial charge < -0.3 is 10.2 Å². The van der Waals surface area contributed by atoms with Crippen LogP contribution in [0.1, 0.15) is 24.5 Å². The van der Waals surface area contributed by atoms with Crippen LogP contribution in [0.5, 0.6) is 0 Å². The summed E-state index contributed by atoms with van der Waals surface area (Å²) in [5, 5.41) is 3.17. The lowest BCUT2D eigenvalue weighted by Gasteiger charge is -2.29. The third kappa shape index (κ3) is 3.42. The van der Waals surface area contributed by atoms with E-state index in [2.05, 4.69) is 34.6 Å². The Hall–Kier alpha value is -2.20. The molecule has 0 saturated heterocycles. The molecular formula is C19H23N3O. The molecule has 1 aliphatic heterocycles. The number of likely N-dealkylation sites (N-methyl/N-ethyl adjacent to an activating group) is 1. The topological polar surface area (TPSA) is 45.2 Å². The summed E-state index contributed by atoms with van der Waals surface area (Å²) in [5.41, 5.74) is 5.87. The van der Waals surface area contributed by atoms with E-state index >= 15 is 0 Å². The second-order valence-corrected chi connectivity index (χ2v) is 6.05. The van der Waals surface area contributed by atoms with E-state index in [9.17, 15) is 4.79 Å². The number of anilines is 1. The van der Waals surface area contributed by atoms with Crippen molar-refractivity contribution in [2.24, 2.45) is 0 Å². The molecule has 0 spiro atoms. The SMILES string of the molecule is CNCCc1cncc(-c2ccc3c(c2)CCCN3C(C)=O)c1. The van der Waals surface area contributed by atoms with Gasteiger partial charge in [-0.15, -0.1) is 0 Å². The highest BCUT2D eigenvalue weighted by Crippen LogP contribution is 2.31. The molecule has 0 radical (unpaired) electrons. The van der Waals surface area contributed by atoms with E-state index in [0.29, 0.717) is 0 Å². The first kappa shape index (κ1) is 15.7. The van der Waals surface area contributed by atoms with Gasteiger partial charge in [0.1, 0.15) is 0 Å². The van der Waals surface area contributed by atoms with Gasteiger partial charge in [0.15, 0.2) is 0 Å². The molecule has 0 saturated carbocycles. The number of hydrogen-bond donors (Lipinski definition) is 1. The Morgan fingerprint density at radius 2 is 2.13 bits per heavy atom. The van der Waals surface area contributed by atoms with Crippen LogP contribution in [-0.2, 0) is 17.6 Å². The van der Waals surface area contributed by atoms with E-state index in [-0.39, 0.29) is 5.91 Å². The summed E-state index contributed by atoms with van der Waals surface area (Å²) in [6.07, 6.45) is 6.86. The molecule has 4 heteroatoms. The van der Waals surface area contributed by atoms with Gasteiger partial charge in [0, 0.05) is 37.1 Å². The summed E-state index contributed by atoms with van der Waals surface area (Å²) in [6.45, 7) is 3.41. The molecule has 0 fully saturated rings. The molecule has 1 aromatic carbocycles. The van der Waals surface area contributed by atoms with Gasteiger partial charge in [-0.2, -0.15) is 0 Å². The number of nitrogens with zero attached hydrogens (tertiary/aromatic N) is 2. The summed E-state index contributed by atoms with van der Waals surface area (Å²) < 4.78 is 0. The van der Waals surface area contributed by atoms with E-state index in [1.54, 1.807) is 6.92 Å². The zero-order valence-electron chi connectivity index (χ0n) is 13.8. The van der Waals surface area contributed by atoms with Crippen LogP contribution in [0.2, 0.25) is 0 Å². The van der Waals surface area contributed by atoms with Crippen molar-refractivity contribution in [3.8, 4) is 11.1 Å². The van der Waals surface area contributed by atoms with E-state index in [0.717, 1.165) is 43.6 Å². The molecular weight excluding hydrogens is 286 g/mol. The van der Waals surface area contributed by atoms with E-state index in [4.69, 9.17) is 0 Å². The minimum atomic E-state index is 0.120. The lowest BCUT2D eigenvalue weighted by Crippen LogP contribution is -2.33. The highest BCUT2D eigenvalue weighted by molar-refractivity contribution is 5.93. The Morgan fingerprint density at radius 3 is 2.91 bits per heavy atom. The molecule has 1 N–H and O–H groups in total. The smallest absolute Gasteiger partial charge is 0.223 e. The summed E-state index contributed by atoms with van der Waals surface area (Å²) in [6, 6.07) is 8.59. The number of rotatable bonds is 4. The van der Waals surface area contributed by atoms with Crippen LogP contribution in [0.3, 0.4) is 0 Å². The number of aryl methyl sites for hydroxylation is 1. The number of aromatic nitrogens is 1. The third-order valence-electron chi connectivity index (χ3n) is 4.37. The van der Waals surface area contributed by atoms with Gasteiger partial charge >= 0.3 is 0 Å². The van der Waals surface area contributed by atoms with Crippen LogP contribution in [0.25, 0.3) is 11.1 Å². The number of nitrogens with one attached hydrogen (secondary N) is 1. The first-order valence-corrected chi connectivity index (χ1v) is 8.19. The highest BCUT2D eigenvalue weighted by Gasteiger charge is 2.20. The minimum Gasteiger partial charge on any atom is -0.319 e. The Labute approximate surface area is 137 Å². The average Bonchev–Trinajstić information content (AvgIpc) is 2.59. The first-order chi connectivity index (χ1) is 11.2. The Balaban J connectivity index is 1.91. The monoisotopic (exact) mass is 309 g/mol. The Morgan fingerprint density at radius 1 is 1.26 bits per heavy atom. The second kappa shape index (κ2) is 6.92. The van der Waals surface area contributed by atoms with Gasteiger partial charge in [0.2, 0.25) is 5.91 Å². The van der Waals surface area contributed by atoms with Gasteiger partial charge in [-0.25, -0.2) is 0 Å². The summed E-state index contributed by atoms with van der Waals surface area (Å²) in [5.74, 6) is 0.120. The lowest BCUT2D eigenvalue weighted by atomic mass is 9.96. The number of benzene rings is 1. The zero-order valence-corrected chi connectivity index (χ0v) is 13.8. The van der Waals surface area contributed by atoms with Gasteiger partial charge in [0.25, 0.3) is 0 Å². The van der Waals surface area contributed by atoms with Gasteiger partial charge in [-0.1, -0.05) is 6.07 Å². The lowest BCUT2D eigenvalue weighted by molar-refractivity contribution is -0.116. The number of carbonyl (C=O) groups is 1. The Kier molecular flexibility index (Phi) is 4.72. The largest absolute Gasteiger partial charge is 0.319 e. The average molecular weight is 309 g/mol. The molecule has 1 amide bonds. The van der Waals surface area contributed by atoms with Gasteiger partial charge in [-0.05, 0) is 67.7 Å². The fraction of sp³-hybridized carbons (Fsp3) is 0.368. The van der Waals surface area contributed by atoms with Crippen molar-refractivity contribution in [2.45, 2.75) is 26.2 Å². The number of carbonyl (C=O) groups excluding carboxylic acids is 1. The maximum Gasteiger partial charge on any atom is 0.223 e. The van der Waals surface area contributed by atoms with Crippen molar-refractivity contribution in [3.63, 3.8) is 0 Å². The number of hydrogen-bond acceptors (Lipinski definition) is 3. The van der Waals surface area contributed by atoms with Crippen molar-refractivity contribution in [3.05, 3.63) is 47.8 Å². The normalized spacial score (nSPS) is 13.7. The minimum absolute atomic E-state index is 0.120. The molecule has 23 heavy (non-hydrogen) atoms. The van der Waals surface area contributed by atoms with Crippen molar-refractivity contribution in [1.29, 1.82) is 0 Å². The van der Waals surface area contributed by atoms with Crippen molar-refractivity contribution < 1.29 is 4.79 Å². The fourth-order valence-electron chi connectivity index (χ4n) is 3.16. The Bertz CT molecular complexity index is 712. The van der Waals surface area contributed by atoms with Crippen LogP contribution in [0.4, 0.5) is 5.69 Å². The molecule has 2 heterocycles. The fourth-order valence-corrected chi connectivity index (χ4v) is 3.16. The van der Waals surface area contributed by atoms with E-state index in [1.807, 2.05) is 24.3 Å². The third-order valence-corrected chi connectivity index (χ3v) is 4.37. The second-order valence-electron chi connectivity index (χ2n) is 6.05. The van der Waals surface area contributed by atoms with Crippen molar-refractivity contribution in [1.82, 2.24) is 10.3 Å².